The van der Waals surface area contributed by atoms with E-state index in [0.717, 1.165) is 42.0 Å². The first-order chi connectivity index (χ1) is 14.0. The predicted molar refractivity (Wildman–Crippen MR) is 114 cm³/mol. The summed E-state index contributed by atoms with van der Waals surface area (Å²) in [6.07, 6.45) is 4.59. The van der Waals surface area contributed by atoms with Crippen molar-refractivity contribution in [3.8, 4) is 11.6 Å². The molecular weight excluding hydrogens is 364 g/mol. The Morgan fingerprint density at radius 1 is 1.17 bits per heavy atom. The van der Waals surface area contributed by atoms with Crippen LogP contribution in [-0.2, 0) is 0 Å². The van der Waals surface area contributed by atoms with Crippen molar-refractivity contribution in [3.05, 3.63) is 71.2 Å². The van der Waals surface area contributed by atoms with Crippen LogP contribution in [0.1, 0.15) is 59.5 Å². The van der Waals surface area contributed by atoms with E-state index in [4.69, 9.17) is 4.74 Å². The number of rotatable bonds is 8. The molecule has 0 spiro atoms. The van der Waals surface area contributed by atoms with Crippen LogP contribution in [0, 0.1) is 13.8 Å². The molecular formula is C23H28N4O2. The fourth-order valence-corrected chi connectivity index (χ4v) is 3.31. The van der Waals surface area contributed by atoms with Gasteiger partial charge in [-0.3, -0.25) is 4.79 Å². The summed E-state index contributed by atoms with van der Waals surface area (Å²) in [5.74, 6) is 1.37. The summed E-state index contributed by atoms with van der Waals surface area (Å²) in [6.45, 7) is 6.07. The van der Waals surface area contributed by atoms with Crippen molar-refractivity contribution >= 4 is 5.91 Å². The van der Waals surface area contributed by atoms with Gasteiger partial charge in [0.1, 0.15) is 5.75 Å². The van der Waals surface area contributed by atoms with Gasteiger partial charge in [0.15, 0.2) is 5.82 Å². The van der Waals surface area contributed by atoms with Crippen LogP contribution >= 0.6 is 0 Å². The highest BCUT2D eigenvalue weighted by Gasteiger charge is 2.16. The van der Waals surface area contributed by atoms with Crippen LogP contribution in [-0.4, -0.2) is 27.8 Å². The SMILES string of the molecule is CCCCC(NC(=O)c1ccc(-n2nc(C)cc2C)nc1)c1ccc(OC)cc1. The van der Waals surface area contributed by atoms with E-state index in [1.54, 1.807) is 24.1 Å². The van der Waals surface area contributed by atoms with Gasteiger partial charge >= 0.3 is 0 Å². The van der Waals surface area contributed by atoms with Gasteiger partial charge in [-0.05, 0) is 56.2 Å². The minimum Gasteiger partial charge on any atom is -0.497 e. The van der Waals surface area contributed by atoms with Gasteiger partial charge in [0, 0.05) is 11.9 Å². The number of nitrogens with one attached hydrogen (secondary N) is 1. The number of nitrogens with zero attached hydrogens (tertiary/aromatic N) is 3. The lowest BCUT2D eigenvalue weighted by Crippen LogP contribution is -2.28. The highest BCUT2D eigenvalue weighted by molar-refractivity contribution is 5.94. The van der Waals surface area contributed by atoms with Crippen LogP contribution in [0.15, 0.2) is 48.7 Å². The van der Waals surface area contributed by atoms with Gasteiger partial charge in [-0.25, -0.2) is 9.67 Å². The van der Waals surface area contributed by atoms with Crippen molar-refractivity contribution in [2.24, 2.45) is 0 Å². The lowest BCUT2D eigenvalue weighted by Gasteiger charge is -2.19. The lowest BCUT2D eigenvalue weighted by molar-refractivity contribution is 0.0933. The van der Waals surface area contributed by atoms with Crippen LogP contribution in [0.2, 0.25) is 0 Å². The molecule has 0 bridgehead atoms. The Bertz CT molecular complexity index is 946. The first kappa shape index (κ1) is 20.6. The van der Waals surface area contributed by atoms with Crippen molar-refractivity contribution in [2.45, 2.75) is 46.1 Å². The Morgan fingerprint density at radius 2 is 1.93 bits per heavy atom. The van der Waals surface area contributed by atoms with E-state index in [1.807, 2.05) is 50.2 Å². The van der Waals surface area contributed by atoms with E-state index < -0.39 is 0 Å². The van der Waals surface area contributed by atoms with Crippen LogP contribution in [0.4, 0.5) is 0 Å². The molecule has 2 heterocycles. The molecule has 0 aliphatic rings. The van der Waals surface area contributed by atoms with Gasteiger partial charge in [-0.1, -0.05) is 31.9 Å². The van der Waals surface area contributed by atoms with Crippen LogP contribution < -0.4 is 10.1 Å². The molecule has 1 amide bonds. The molecule has 6 nitrogen and oxygen atoms in total. The average Bonchev–Trinajstić information content (AvgIpc) is 3.09. The predicted octanol–water partition coefficient (Wildman–Crippen LogP) is 4.55. The number of aromatic nitrogens is 3. The number of ether oxygens (including phenoxy) is 1. The summed E-state index contributed by atoms with van der Waals surface area (Å²) < 4.78 is 7.01. The molecule has 1 unspecified atom stereocenters. The number of pyridine rings is 1. The molecule has 3 aromatic rings. The second kappa shape index (κ2) is 9.37. The fourth-order valence-electron chi connectivity index (χ4n) is 3.31. The zero-order valence-corrected chi connectivity index (χ0v) is 17.5. The molecule has 1 atom stereocenters. The number of unbranched alkanes of at least 4 members (excludes halogenated alkanes) is 1. The minimum absolute atomic E-state index is 0.0518. The molecule has 1 aromatic carbocycles. The quantitative estimate of drug-likeness (QED) is 0.610. The number of carbonyl (C=O) groups excluding carboxylic acids is 1. The number of carbonyl (C=O) groups is 1. The first-order valence-corrected chi connectivity index (χ1v) is 9.96. The number of amides is 1. The molecule has 0 saturated carbocycles. The van der Waals surface area contributed by atoms with Crippen molar-refractivity contribution < 1.29 is 9.53 Å². The standard InChI is InChI=1S/C23H28N4O2/c1-5-6-7-21(18-8-11-20(29-4)12-9-18)25-23(28)19-10-13-22(24-15-19)27-17(3)14-16(2)26-27/h8-15,21H,5-7H2,1-4H3,(H,25,28). The second-order valence-corrected chi connectivity index (χ2v) is 7.19. The van der Waals surface area contributed by atoms with Crippen LogP contribution in [0.5, 0.6) is 5.75 Å². The maximum atomic E-state index is 12.8. The maximum absolute atomic E-state index is 12.8. The summed E-state index contributed by atoms with van der Waals surface area (Å²) in [4.78, 5) is 17.3. The van der Waals surface area contributed by atoms with E-state index in [9.17, 15) is 4.79 Å². The molecule has 0 aliphatic carbocycles. The Kier molecular flexibility index (Phi) is 6.65. The normalized spacial score (nSPS) is 11.9. The molecule has 0 saturated heterocycles. The maximum Gasteiger partial charge on any atom is 0.253 e. The summed E-state index contributed by atoms with van der Waals surface area (Å²) in [5.41, 5.74) is 3.54. The summed E-state index contributed by atoms with van der Waals surface area (Å²) in [7, 11) is 1.65. The van der Waals surface area contributed by atoms with Gasteiger partial charge in [0.05, 0.1) is 24.4 Å². The van der Waals surface area contributed by atoms with Crippen molar-refractivity contribution in [2.75, 3.05) is 7.11 Å². The van der Waals surface area contributed by atoms with E-state index in [1.165, 1.54) is 0 Å². The largest absolute Gasteiger partial charge is 0.497 e. The van der Waals surface area contributed by atoms with E-state index in [-0.39, 0.29) is 11.9 Å². The number of aryl methyl sites for hydroxylation is 2. The zero-order chi connectivity index (χ0) is 20.8. The molecule has 0 aliphatic heterocycles. The average molecular weight is 393 g/mol. The molecule has 152 valence electrons. The van der Waals surface area contributed by atoms with E-state index in [0.29, 0.717) is 11.4 Å². The smallest absolute Gasteiger partial charge is 0.253 e. The summed E-state index contributed by atoms with van der Waals surface area (Å²) in [6, 6.07) is 13.4. The zero-order valence-electron chi connectivity index (χ0n) is 17.5. The molecule has 0 radical (unpaired) electrons. The molecule has 0 fully saturated rings. The fraction of sp³-hybridized carbons (Fsp3) is 0.348. The highest BCUT2D eigenvalue weighted by Crippen LogP contribution is 2.23. The van der Waals surface area contributed by atoms with Crippen LogP contribution in [0.3, 0.4) is 0 Å². The molecule has 3 rings (SSSR count). The van der Waals surface area contributed by atoms with Crippen molar-refractivity contribution in [3.63, 3.8) is 0 Å². The first-order valence-electron chi connectivity index (χ1n) is 9.96. The van der Waals surface area contributed by atoms with Gasteiger partial charge in [-0.2, -0.15) is 5.10 Å². The topological polar surface area (TPSA) is 69.0 Å². The van der Waals surface area contributed by atoms with Gasteiger partial charge < -0.3 is 10.1 Å². The summed E-state index contributed by atoms with van der Waals surface area (Å²) in [5, 5.41) is 7.59. The molecule has 29 heavy (non-hydrogen) atoms. The monoisotopic (exact) mass is 392 g/mol. The number of benzene rings is 1. The van der Waals surface area contributed by atoms with E-state index in [2.05, 4.69) is 22.3 Å². The number of hydrogen-bond acceptors (Lipinski definition) is 4. The van der Waals surface area contributed by atoms with Gasteiger partial charge in [0.25, 0.3) is 5.91 Å². The number of hydrogen-bond donors (Lipinski definition) is 1. The third-order valence-electron chi connectivity index (χ3n) is 4.91. The Morgan fingerprint density at radius 3 is 2.48 bits per heavy atom. The van der Waals surface area contributed by atoms with Crippen molar-refractivity contribution in [1.29, 1.82) is 0 Å². The van der Waals surface area contributed by atoms with Gasteiger partial charge in [0.2, 0.25) is 0 Å². The van der Waals surface area contributed by atoms with Crippen LogP contribution in [0.25, 0.3) is 5.82 Å². The summed E-state index contributed by atoms with van der Waals surface area (Å²) >= 11 is 0. The Labute approximate surface area is 171 Å². The highest BCUT2D eigenvalue weighted by atomic mass is 16.5. The molecule has 6 heteroatoms. The molecule has 2 aromatic heterocycles. The molecule has 1 N–H and O–H groups in total. The van der Waals surface area contributed by atoms with Crippen molar-refractivity contribution in [1.82, 2.24) is 20.1 Å². The lowest BCUT2D eigenvalue weighted by atomic mass is 10.0. The third kappa shape index (κ3) is 5.02. The van der Waals surface area contributed by atoms with Gasteiger partial charge in [-0.15, -0.1) is 0 Å². The Balaban J connectivity index is 1.75. The number of methoxy groups -OCH3 is 1. The second-order valence-electron chi connectivity index (χ2n) is 7.19. The Hall–Kier alpha value is -3.15. The third-order valence-corrected chi connectivity index (χ3v) is 4.91. The minimum atomic E-state index is -0.130. The van der Waals surface area contributed by atoms with E-state index >= 15 is 0 Å².